The quantitative estimate of drug-likeness (QED) is 0.234. The summed E-state index contributed by atoms with van der Waals surface area (Å²) in [5, 5.41) is 12.2. The van der Waals surface area contributed by atoms with E-state index in [0.717, 1.165) is 22.4 Å². The summed E-state index contributed by atoms with van der Waals surface area (Å²) in [4.78, 5) is 29.8. The summed E-state index contributed by atoms with van der Waals surface area (Å²) in [5.74, 6) is -0.248. The minimum atomic E-state index is -4.18. The maximum atomic E-state index is 14.4. The molecule has 1 atom stereocenters. The Kier molecular flexibility index (Phi) is 9.83. The third-order valence-corrected chi connectivity index (χ3v) is 9.32. The lowest BCUT2D eigenvalue weighted by Gasteiger charge is -2.35. The lowest BCUT2D eigenvalue weighted by Crippen LogP contribution is -2.45. The number of pyridine rings is 1. The van der Waals surface area contributed by atoms with Crippen LogP contribution in [-0.4, -0.2) is 65.1 Å². The minimum Gasteiger partial charge on any atom is -0.475 e. The molecular weight excluding hydrogens is 616 g/mol. The SMILES string of the molecule is Cc1cccc(C)c1-c1nc2nc(c1C)OC[C@@H](CC(C)(C)C)N(Cc1ccc(NCCO)cn1)C(=O)c1cccc(c1)S(=O)(=O)N2. The monoisotopic (exact) mass is 658 g/mol. The Bertz CT molecular complexity index is 1850. The molecule has 2 aromatic heterocycles. The Balaban J connectivity index is 1.66. The Morgan fingerprint density at radius 1 is 1.04 bits per heavy atom. The van der Waals surface area contributed by atoms with Crippen molar-refractivity contribution in [2.45, 2.75) is 65.4 Å². The van der Waals surface area contributed by atoms with Crippen LogP contribution < -0.4 is 14.8 Å². The van der Waals surface area contributed by atoms with Crippen LogP contribution in [0.15, 0.2) is 65.7 Å². The largest absolute Gasteiger partial charge is 0.475 e. The molecule has 0 saturated carbocycles. The molecule has 2 aromatic carbocycles. The summed E-state index contributed by atoms with van der Waals surface area (Å²) in [6.07, 6.45) is 2.23. The second-order valence-electron chi connectivity index (χ2n) is 13.1. The highest BCUT2D eigenvalue weighted by molar-refractivity contribution is 7.92. The Morgan fingerprint density at radius 3 is 2.43 bits per heavy atom. The highest BCUT2D eigenvalue weighted by Crippen LogP contribution is 2.35. The van der Waals surface area contributed by atoms with Gasteiger partial charge in [0.1, 0.15) is 6.61 Å². The molecular formula is C35H42N6O5S. The van der Waals surface area contributed by atoms with E-state index in [-0.39, 0.29) is 53.4 Å². The smallest absolute Gasteiger partial charge is 0.264 e. The van der Waals surface area contributed by atoms with Crippen molar-refractivity contribution in [1.29, 1.82) is 0 Å². The molecule has 11 nitrogen and oxygen atoms in total. The van der Waals surface area contributed by atoms with Crippen LogP contribution in [0.25, 0.3) is 11.3 Å². The summed E-state index contributed by atoms with van der Waals surface area (Å²) in [6.45, 7) is 12.7. The number of amides is 1. The summed E-state index contributed by atoms with van der Waals surface area (Å²) < 4.78 is 36.4. The van der Waals surface area contributed by atoms with Crippen molar-refractivity contribution < 1.29 is 23.1 Å². The number of nitrogens with one attached hydrogen (secondary N) is 2. The predicted octanol–water partition coefficient (Wildman–Crippen LogP) is 5.51. The van der Waals surface area contributed by atoms with Crippen LogP contribution in [0.5, 0.6) is 5.88 Å². The predicted molar refractivity (Wildman–Crippen MR) is 182 cm³/mol. The highest BCUT2D eigenvalue weighted by Gasteiger charge is 2.32. The molecule has 0 fully saturated rings. The summed E-state index contributed by atoms with van der Waals surface area (Å²) in [7, 11) is -4.18. The van der Waals surface area contributed by atoms with E-state index in [0.29, 0.717) is 29.9 Å². The van der Waals surface area contributed by atoms with E-state index in [4.69, 9.17) is 9.84 Å². The Hall–Kier alpha value is -4.55. The Morgan fingerprint density at radius 2 is 1.77 bits per heavy atom. The van der Waals surface area contributed by atoms with Crippen molar-refractivity contribution in [3.05, 3.63) is 88.7 Å². The lowest BCUT2D eigenvalue weighted by atomic mass is 9.87. The average Bonchev–Trinajstić information content (AvgIpc) is 3.02. The highest BCUT2D eigenvalue weighted by atomic mass is 32.2. The van der Waals surface area contributed by atoms with Crippen LogP contribution in [0, 0.1) is 26.2 Å². The number of anilines is 2. The first-order chi connectivity index (χ1) is 22.3. The van der Waals surface area contributed by atoms with Gasteiger partial charge < -0.3 is 20.1 Å². The number of benzene rings is 2. The number of carbonyl (C=O) groups excluding carboxylic acids is 1. The van der Waals surface area contributed by atoms with E-state index in [1.54, 1.807) is 23.2 Å². The van der Waals surface area contributed by atoms with E-state index in [1.165, 1.54) is 12.1 Å². The van der Waals surface area contributed by atoms with Gasteiger partial charge in [0.25, 0.3) is 15.9 Å². The number of carbonyl (C=O) groups is 1. The second-order valence-corrected chi connectivity index (χ2v) is 14.8. The van der Waals surface area contributed by atoms with E-state index >= 15 is 0 Å². The Labute approximate surface area is 276 Å². The van der Waals surface area contributed by atoms with Gasteiger partial charge in [0.2, 0.25) is 11.8 Å². The van der Waals surface area contributed by atoms with Gasteiger partial charge in [0.05, 0.1) is 47.4 Å². The number of hydrogen-bond donors (Lipinski definition) is 3. The first kappa shape index (κ1) is 33.8. The summed E-state index contributed by atoms with van der Waals surface area (Å²) in [6, 6.07) is 15.1. The maximum Gasteiger partial charge on any atom is 0.264 e. The third-order valence-electron chi connectivity index (χ3n) is 8.00. The molecule has 12 heteroatoms. The summed E-state index contributed by atoms with van der Waals surface area (Å²) >= 11 is 0. The molecule has 0 radical (unpaired) electrons. The van der Waals surface area contributed by atoms with Crippen molar-refractivity contribution >= 4 is 27.6 Å². The fourth-order valence-corrected chi connectivity index (χ4v) is 6.75. The van der Waals surface area contributed by atoms with Crippen molar-refractivity contribution in [1.82, 2.24) is 19.9 Å². The molecule has 3 N–H and O–H groups in total. The van der Waals surface area contributed by atoms with Crippen molar-refractivity contribution in [2.24, 2.45) is 5.41 Å². The zero-order valence-corrected chi connectivity index (χ0v) is 28.5. The van der Waals surface area contributed by atoms with Crippen LogP contribution in [0.2, 0.25) is 0 Å². The van der Waals surface area contributed by atoms with Gasteiger partial charge >= 0.3 is 0 Å². The molecule has 3 heterocycles. The molecule has 4 bridgehead atoms. The number of rotatable bonds is 7. The maximum absolute atomic E-state index is 14.4. The van der Waals surface area contributed by atoms with Gasteiger partial charge in [-0.3, -0.25) is 9.78 Å². The molecule has 47 heavy (non-hydrogen) atoms. The lowest BCUT2D eigenvalue weighted by molar-refractivity contribution is 0.0508. The van der Waals surface area contributed by atoms with Gasteiger partial charge in [0.15, 0.2) is 0 Å². The summed E-state index contributed by atoms with van der Waals surface area (Å²) in [5.41, 5.74) is 5.44. The zero-order chi connectivity index (χ0) is 33.9. The van der Waals surface area contributed by atoms with Crippen molar-refractivity contribution in [3.63, 3.8) is 0 Å². The molecule has 5 rings (SSSR count). The van der Waals surface area contributed by atoms with Gasteiger partial charge in [-0.05, 0) is 74.1 Å². The number of aliphatic hydroxyl groups excluding tert-OH is 1. The molecule has 248 valence electrons. The van der Waals surface area contributed by atoms with E-state index in [9.17, 15) is 13.2 Å². The molecule has 0 saturated heterocycles. The van der Waals surface area contributed by atoms with Crippen molar-refractivity contribution in [2.75, 3.05) is 29.8 Å². The molecule has 0 spiro atoms. The normalized spacial score (nSPS) is 16.3. The molecule has 1 amide bonds. The topological polar surface area (TPSA) is 147 Å². The van der Waals surface area contributed by atoms with Crippen molar-refractivity contribution in [3.8, 4) is 17.1 Å². The fourth-order valence-electron chi connectivity index (χ4n) is 5.76. The second kappa shape index (κ2) is 13.7. The first-order valence-corrected chi connectivity index (χ1v) is 17.1. The first-order valence-electron chi connectivity index (χ1n) is 15.6. The van der Waals surface area contributed by atoms with Gasteiger partial charge in [-0.25, -0.2) is 18.1 Å². The van der Waals surface area contributed by atoms with Gasteiger partial charge in [-0.15, -0.1) is 0 Å². The van der Waals surface area contributed by atoms with Crippen LogP contribution >= 0.6 is 0 Å². The van der Waals surface area contributed by atoms with E-state index < -0.39 is 16.1 Å². The van der Waals surface area contributed by atoms with E-state index in [2.05, 4.69) is 45.8 Å². The number of aliphatic hydroxyl groups is 1. The van der Waals surface area contributed by atoms with Gasteiger partial charge in [-0.1, -0.05) is 45.0 Å². The average molecular weight is 659 g/mol. The number of ether oxygens (including phenoxy) is 1. The number of sulfonamides is 1. The molecule has 0 unspecified atom stereocenters. The van der Waals surface area contributed by atoms with E-state index in [1.807, 2.05) is 51.1 Å². The third kappa shape index (κ3) is 7.88. The zero-order valence-electron chi connectivity index (χ0n) is 27.7. The number of fused-ring (bicyclic) bond motifs is 4. The standard InChI is InChI=1S/C35H42N6O5S/c1-22-9-7-10-23(2)30(22)31-24(3)32-39-34(38-31)40-47(44,45)29-12-8-11-25(17-29)33(43)41(28(21-46-32)18-35(4,5)6)20-27-14-13-26(19-37-27)36-15-16-42/h7-14,17,19,28,36,42H,15-16,18,20-21H2,1-6H3,(H,38,39,40)/t28-/m1/s1. The van der Waals surface area contributed by atoms with Gasteiger partial charge in [0, 0.05) is 23.2 Å². The number of hydrogen-bond acceptors (Lipinski definition) is 9. The van der Waals surface area contributed by atoms with Crippen LogP contribution in [-0.2, 0) is 16.6 Å². The fraction of sp³-hybridized carbons (Fsp3) is 0.371. The number of aromatic nitrogens is 3. The number of aryl methyl sites for hydroxylation is 2. The van der Waals surface area contributed by atoms with Crippen LogP contribution in [0.1, 0.15) is 59.9 Å². The molecule has 4 aromatic rings. The molecule has 1 aliphatic rings. The van der Waals surface area contributed by atoms with Gasteiger partial charge in [-0.2, -0.15) is 4.98 Å². The van der Waals surface area contributed by atoms with Crippen LogP contribution in [0.4, 0.5) is 11.6 Å². The number of nitrogens with zero attached hydrogens (tertiary/aromatic N) is 4. The minimum absolute atomic E-state index is 0.0117. The van der Waals surface area contributed by atoms with Crippen LogP contribution in [0.3, 0.4) is 0 Å². The molecule has 0 aliphatic carbocycles. The molecule has 1 aliphatic heterocycles.